The van der Waals surface area contributed by atoms with E-state index in [1.807, 2.05) is 30.3 Å². The monoisotopic (exact) mass is 722 g/mol. The second-order valence-corrected chi connectivity index (χ2v) is 16.0. The van der Waals surface area contributed by atoms with Crippen molar-refractivity contribution in [2.45, 2.75) is 79.1 Å². The SMILES string of the molecule is CC(C)c1cccc(C(C)C)c1-n1c(-c2cccc(-c3cccc4c3nc(-c3ccccc3)n4-c3c(C(C)C)cccc3C(C)C)c2O)nc2ccccc21. The van der Waals surface area contributed by atoms with E-state index in [9.17, 15) is 5.11 Å². The Bertz CT molecular complexity index is 2620. The lowest BCUT2D eigenvalue weighted by Gasteiger charge is -2.23. The van der Waals surface area contributed by atoms with Gasteiger partial charge < -0.3 is 5.11 Å². The second kappa shape index (κ2) is 14.4. The van der Waals surface area contributed by atoms with Gasteiger partial charge in [-0.25, -0.2) is 9.97 Å². The van der Waals surface area contributed by atoms with Gasteiger partial charge in [-0.2, -0.15) is 0 Å². The smallest absolute Gasteiger partial charge is 0.149 e. The molecule has 55 heavy (non-hydrogen) atoms. The summed E-state index contributed by atoms with van der Waals surface area (Å²) in [6.45, 7) is 18.0. The van der Waals surface area contributed by atoms with E-state index in [4.69, 9.17) is 9.97 Å². The van der Waals surface area contributed by atoms with E-state index in [-0.39, 0.29) is 17.6 Å². The largest absolute Gasteiger partial charge is 0.507 e. The summed E-state index contributed by atoms with van der Waals surface area (Å²) in [6, 6.07) is 44.4. The first-order valence-electron chi connectivity index (χ1n) is 19.7. The van der Waals surface area contributed by atoms with Gasteiger partial charge >= 0.3 is 0 Å². The minimum atomic E-state index is 0.181. The fourth-order valence-electron chi connectivity index (χ4n) is 8.24. The van der Waals surface area contributed by atoms with E-state index in [1.54, 1.807) is 0 Å². The van der Waals surface area contributed by atoms with Gasteiger partial charge in [-0.1, -0.05) is 159 Å². The van der Waals surface area contributed by atoms with E-state index in [2.05, 4.69) is 162 Å². The molecule has 0 radical (unpaired) electrons. The van der Waals surface area contributed by atoms with Crippen LogP contribution in [0.25, 0.3) is 67.3 Å². The lowest BCUT2D eigenvalue weighted by molar-refractivity contribution is 0.479. The molecule has 5 nitrogen and oxygen atoms in total. The maximum atomic E-state index is 12.6. The molecule has 0 saturated carbocycles. The molecule has 0 unspecified atom stereocenters. The normalized spacial score (nSPS) is 12.0. The third kappa shape index (κ3) is 6.12. The van der Waals surface area contributed by atoms with Crippen molar-refractivity contribution < 1.29 is 5.11 Å². The number of imidazole rings is 2. The number of hydrogen-bond donors (Lipinski definition) is 1. The van der Waals surface area contributed by atoms with E-state index in [1.165, 1.54) is 27.9 Å². The average molecular weight is 723 g/mol. The summed E-state index contributed by atoms with van der Waals surface area (Å²) in [5.41, 5.74) is 14.4. The highest BCUT2D eigenvalue weighted by atomic mass is 16.3. The molecule has 8 aromatic rings. The molecule has 0 saturated heterocycles. The Morgan fingerprint density at radius 1 is 0.418 bits per heavy atom. The Morgan fingerprint density at radius 2 is 0.873 bits per heavy atom. The fourth-order valence-corrected chi connectivity index (χ4v) is 8.24. The number of aromatic nitrogens is 4. The first-order valence-corrected chi connectivity index (χ1v) is 19.7. The molecule has 0 atom stereocenters. The molecule has 0 aliphatic carbocycles. The lowest BCUT2D eigenvalue weighted by atomic mass is 9.92. The highest BCUT2D eigenvalue weighted by molar-refractivity contribution is 5.99. The Balaban J connectivity index is 1.42. The van der Waals surface area contributed by atoms with Crippen LogP contribution in [0.5, 0.6) is 5.75 Å². The number of hydrogen-bond acceptors (Lipinski definition) is 3. The third-order valence-electron chi connectivity index (χ3n) is 11.0. The maximum absolute atomic E-state index is 12.6. The zero-order valence-electron chi connectivity index (χ0n) is 33.2. The van der Waals surface area contributed by atoms with Crippen molar-refractivity contribution in [2.75, 3.05) is 0 Å². The van der Waals surface area contributed by atoms with Gasteiger partial charge in [0.2, 0.25) is 0 Å². The van der Waals surface area contributed by atoms with Gasteiger partial charge in [-0.05, 0) is 70.2 Å². The second-order valence-electron chi connectivity index (χ2n) is 16.0. The number of fused-ring (bicyclic) bond motifs is 2. The molecule has 0 amide bonds. The molecule has 1 N–H and O–H groups in total. The van der Waals surface area contributed by atoms with Crippen molar-refractivity contribution >= 4 is 22.1 Å². The molecule has 5 heteroatoms. The summed E-state index contributed by atoms with van der Waals surface area (Å²) in [7, 11) is 0. The quantitative estimate of drug-likeness (QED) is 0.161. The van der Waals surface area contributed by atoms with Crippen molar-refractivity contribution in [2.24, 2.45) is 0 Å². The summed E-state index contributed by atoms with van der Waals surface area (Å²) in [6.07, 6.45) is 0. The lowest BCUT2D eigenvalue weighted by Crippen LogP contribution is -2.08. The van der Waals surface area contributed by atoms with Crippen LogP contribution in [0, 0.1) is 0 Å². The van der Waals surface area contributed by atoms with Crippen LogP contribution in [0.4, 0.5) is 0 Å². The van der Waals surface area contributed by atoms with Gasteiger partial charge in [0.15, 0.2) is 0 Å². The molecule has 0 bridgehead atoms. The van der Waals surface area contributed by atoms with Crippen LogP contribution in [-0.2, 0) is 0 Å². The van der Waals surface area contributed by atoms with Gasteiger partial charge in [0.05, 0.1) is 39.0 Å². The van der Waals surface area contributed by atoms with Gasteiger partial charge in [0.25, 0.3) is 0 Å². The fraction of sp³-hybridized carbons (Fsp3) is 0.240. The van der Waals surface area contributed by atoms with E-state index < -0.39 is 0 Å². The van der Waals surface area contributed by atoms with Crippen molar-refractivity contribution in [3.05, 3.63) is 150 Å². The first kappa shape index (κ1) is 36.1. The zero-order chi connectivity index (χ0) is 38.5. The molecule has 0 aliphatic rings. The highest BCUT2D eigenvalue weighted by Gasteiger charge is 2.27. The predicted molar refractivity (Wildman–Crippen MR) is 230 cm³/mol. The number of para-hydroxylation sites is 6. The summed E-state index contributed by atoms with van der Waals surface area (Å²) >= 11 is 0. The number of phenolic OH excluding ortho intramolecular Hbond substituents is 1. The molecule has 0 aliphatic heterocycles. The summed E-state index contributed by atoms with van der Waals surface area (Å²) in [4.78, 5) is 10.7. The molecule has 8 rings (SSSR count). The van der Waals surface area contributed by atoms with Crippen LogP contribution in [-0.4, -0.2) is 24.2 Å². The number of aromatic hydroxyl groups is 1. The Morgan fingerprint density at radius 3 is 1.45 bits per heavy atom. The average Bonchev–Trinajstić information content (AvgIpc) is 3.77. The summed E-state index contributed by atoms with van der Waals surface area (Å²) in [5.74, 6) is 2.94. The minimum absolute atomic E-state index is 0.181. The zero-order valence-corrected chi connectivity index (χ0v) is 33.2. The Kier molecular flexibility index (Phi) is 9.42. The van der Waals surface area contributed by atoms with Crippen LogP contribution in [0.2, 0.25) is 0 Å². The molecule has 0 spiro atoms. The standard InChI is InChI=1S/C50H50N4O/c1-30(2)35-20-14-21-36(31(3)4)46(35)53-43-28-13-12-27-42(43)51-50(53)41-26-16-25-40(48(41)55)39-24-17-29-44-45(39)52-49(34-18-10-9-11-19-34)54(44)47-37(32(5)6)22-15-23-38(47)33(7)8/h9-33,55H,1-8H3. The number of rotatable bonds is 9. The van der Waals surface area contributed by atoms with Crippen LogP contribution >= 0.6 is 0 Å². The third-order valence-corrected chi connectivity index (χ3v) is 11.0. The van der Waals surface area contributed by atoms with Crippen LogP contribution in [0.1, 0.15) is 101 Å². The summed E-state index contributed by atoms with van der Waals surface area (Å²) in [5, 5.41) is 12.6. The molecule has 276 valence electrons. The highest BCUT2D eigenvalue weighted by Crippen LogP contribution is 2.45. The molecule has 6 aromatic carbocycles. The van der Waals surface area contributed by atoms with Crippen molar-refractivity contribution in [3.63, 3.8) is 0 Å². The molecule has 2 aromatic heterocycles. The molecule has 2 heterocycles. The van der Waals surface area contributed by atoms with E-state index in [0.717, 1.165) is 44.7 Å². The molecule has 0 fully saturated rings. The van der Waals surface area contributed by atoms with Crippen LogP contribution in [0.3, 0.4) is 0 Å². The van der Waals surface area contributed by atoms with Gasteiger partial charge in [-0.3, -0.25) is 9.13 Å². The Hall–Kier alpha value is -5.94. The van der Waals surface area contributed by atoms with Gasteiger partial charge in [0, 0.05) is 16.7 Å². The van der Waals surface area contributed by atoms with E-state index >= 15 is 0 Å². The number of phenols is 1. The van der Waals surface area contributed by atoms with Gasteiger partial charge in [0.1, 0.15) is 17.4 Å². The Labute approximate surface area is 325 Å². The topological polar surface area (TPSA) is 55.9 Å². The predicted octanol–water partition coefficient (Wildman–Crippen LogP) is 13.6. The summed E-state index contributed by atoms with van der Waals surface area (Å²) < 4.78 is 4.63. The number of nitrogens with zero attached hydrogens (tertiary/aromatic N) is 4. The van der Waals surface area contributed by atoms with Gasteiger partial charge in [-0.15, -0.1) is 0 Å². The minimum Gasteiger partial charge on any atom is -0.507 e. The van der Waals surface area contributed by atoms with Crippen molar-refractivity contribution in [1.82, 2.24) is 19.1 Å². The molecular formula is C50H50N4O. The molecular weight excluding hydrogens is 673 g/mol. The van der Waals surface area contributed by atoms with E-state index in [0.29, 0.717) is 28.8 Å². The van der Waals surface area contributed by atoms with Crippen molar-refractivity contribution in [3.8, 4) is 51.0 Å². The van der Waals surface area contributed by atoms with Crippen LogP contribution in [0.15, 0.2) is 127 Å². The number of benzene rings is 6. The van der Waals surface area contributed by atoms with Crippen LogP contribution < -0.4 is 0 Å². The first-order chi connectivity index (χ1) is 26.6. The van der Waals surface area contributed by atoms with Crippen molar-refractivity contribution in [1.29, 1.82) is 0 Å². The maximum Gasteiger partial charge on any atom is 0.149 e.